The van der Waals surface area contributed by atoms with Gasteiger partial charge in [0.1, 0.15) is 0 Å². The van der Waals surface area contributed by atoms with E-state index in [1.54, 1.807) is 16.2 Å². The Hall–Kier alpha value is -1.18. The van der Waals surface area contributed by atoms with E-state index in [2.05, 4.69) is 17.2 Å². The number of rotatable bonds is 2. The van der Waals surface area contributed by atoms with Gasteiger partial charge in [0, 0.05) is 11.4 Å². The van der Waals surface area contributed by atoms with Crippen molar-refractivity contribution in [2.24, 2.45) is 5.92 Å². The van der Waals surface area contributed by atoms with Crippen LogP contribution >= 0.6 is 11.3 Å². The fraction of sp³-hybridized carbons (Fsp3) is 0.714. The van der Waals surface area contributed by atoms with Crippen molar-refractivity contribution in [2.75, 3.05) is 31.6 Å². The summed E-state index contributed by atoms with van der Waals surface area (Å²) in [5, 5.41) is 12.7. The lowest BCUT2D eigenvalue weighted by molar-refractivity contribution is -0.0388. The number of aliphatic hydroxyl groups is 1. The van der Waals surface area contributed by atoms with Gasteiger partial charge >= 0.3 is 6.03 Å². The summed E-state index contributed by atoms with van der Waals surface area (Å²) in [5.41, 5.74) is 1.14. The average Bonchev–Trinajstić information content (AvgIpc) is 2.88. The molecule has 1 aliphatic heterocycles. The van der Waals surface area contributed by atoms with Gasteiger partial charge in [0.05, 0.1) is 31.6 Å². The van der Waals surface area contributed by atoms with E-state index < -0.39 is 0 Å². The minimum absolute atomic E-state index is 0.0623. The lowest BCUT2D eigenvalue weighted by atomic mass is 9.93. The standard InChI is InChI=1S/C14H21N3O3S/c1-9-2-3-11-12(6-9)21-13(15-11)16-14(19)17-4-5-20-10(7-17)8-18/h9-10,18H,2-8H2,1H3,(H,15,16,19). The summed E-state index contributed by atoms with van der Waals surface area (Å²) in [6, 6.07) is -0.157. The van der Waals surface area contributed by atoms with Gasteiger partial charge in [-0.3, -0.25) is 5.32 Å². The summed E-state index contributed by atoms with van der Waals surface area (Å²) in [7, 11) is 0. The first-order valence-corrected chi connectivity index (χ1v) is 8.24. The number of hydrogen-bond acceptors (Lipinski definition) is 5. The number of amides is 2. The molecule has 3 rings (SSSR count). The molecule has 1 aromatic rings. The van der Waals surface area contributed by atoms with Crippen LogP contribution in [0.1, 0.15) is 23.9 Å². The van der Waals surface area contributed by atoms with Crippen molar-refractivity contribution in [3.8, 4) is 0 Å². The molecule has 6 nitrogen and oxygen atoms in total. The van der Waals surface area contributed by atoms with Gasteiger partial charge < -0.3 is 14.7 Å². The predicted octanol–water partition coefficient (Wildman–Crippen LogP) is 1.49. The Bertz CT molecular complexity index is 520. The third kappa shape index (κ3) is 3.36. The molecule has 2 atom stereocenters. The number of ether oxygens (including phenoxy) is 1. The van der Waals surface area contributed by atoms with E-state index in [0.717, 1.165) is 18.5 Å². The van der Waals surface area contributed by atoms with Crippen molar-refractivity contribution >= 4 is 22.5 Å². The molecule has 0 radical (unpaired) electrons. The van der Waals surface area contributed by atoms with Crippen LogP contribution < -0.4 is 5.32 Å². The zero-order valence-corrected chi connectivity index (χ0v) is 13.0. The van der Waals surface area contributed by atoms with Gasteiger partial charge in [-0.15, -0.1) is 11.3 Å². The Labute approximate surface area is 128 Å². The normalized spacial score (nSPS) is 25.5. The average molecular weight is 311 g/mol. The molecule has 2 aliphatic rings. The molecule has 1 saturated heterocycles. The maximum absolute atomic E-state index is 12.3. The van der Waals surface area contributed by atoms with E-state index in [1.165, 1.54) is 11.3 Å². The number of aromatic nitrogens is 1. The van der Waals surface area contributed by atoms with Crippen molar-refractivity contribution in [2.45, 2.75) is 32.3 Å². The minimum Gasteiger partial charge on any atom is -0.394 e. The zero-order chi connectivity index (χ0) is 14.8. The van der Waals surface area contributed by atoms with Crippen LogP contribution in [0.2, 0.25) is 0 Å². The van der Waals surface area contributed by atoms with Crippen LogP contribution in [0.5, 0.6) is 0 Å². The van der Waals surface area contributed by atoms with Crippen molar-refractivity contribution in [3.63, 3.8) is 0 Å². The Morgan fingerprint density at radius 1 is 1.62 bits per heavy atom. The van der Waals surface area contributed by atoms with Gasteiger partial charge in [0.2, 0.25) is 0 Å². The SMILES string of the molecule is CC1CCc2nc(NC(=O)N3CCOC(CO)C3)sc2C1. The fourth-order valence-corrected chi connectivity index (χ4v) is 3.94. The highest BCUT2D eigenvalue weighted by atomic mass is 32.1. The van der Waals surface area contributed by atoms with Gasteiger partial charge in [0.25, 0.3) is 0 Å². The number of hydrogen-bond donors (Lipinski definition) is 2. The van der Waals surface area contributed by atoms with Crippen molar-refractivity contribution in [1.82, 2.24) is 9.88 Å². The van der Waals surface area contributed by atoms with E-state index in [0.29, 0.717) is 30.7 Å². The lowest BCUT2D eigenvalue weighted by Gasteiger charge is -2.31. The molecule has 0 aromatic carbocycles. The van der Waals surface area contributed by atoms with Gasteiger partial charge in [-0.1, -0.05) is 6.92 Å². The first-order chi connectivity index (χ1) is 10.2. The molecule has 1 aromatic heterocycles. The largest absolute Gasteiger partial charge is 0.394 e. The predicted molar refractivity (Wildman–Crippen MR) is 80.7 cm³/mol. The van der Waals surface area contributed by atoms with Crippen molar-refractivity contribution in [1.29, 1.82) is 0 Å². The molecule has 7 heteroatoms. The Kier molecular flexibility index (Phi) is 4.42. The molecule has 2 N–H and O–H groups in total. The van der Waals surface area contributed by atoms with Crippen LogP contribution in [-0.4, -0.2) is 53.4 Å². The van der Waals surface area contributed by atoms with Crippen LogP contribution in [-0.2, 0) is 17.6 Å². The van der Waals surface area contributed by atoms with E-state index in [1.807, 2.05) is 0 Å². The Balaban J connectivity index is 1.62. The fourth-order valence-electron chi connectivity index (χ4n) is 2.78. The summed E-state index contributed by atoms with van der Waals surface area (Å²) >= 11 is 1.59. The van der Waals surface area contributed by atoms with E-state index in [4.69, 9.17) is 9.84 Å². The number of thiazole rings is 1. The highest BCUT2D eigenvalue weighted by molar-refractivity contribution is 7.15. The van der Waals surface area contributed by atoms with Gasteiger partial charge in [0.15, 0.2) is 5.13 Å². The molecule has 2 unspecified atom stereocenters. The zero-order valence-electron chi connectivity index (χ0n) is 12.2. The molecule has 0 bridgehead atoms. The summed E-state index contributed by atoms with van der Waals surface area (Å²) in [6.07, 6.45) is 2.96. The maximum atomic E-state index is 12.3. The molecular formula is C14H21N3O3S. The second kappa shape index (κ2) is 6.29. The first-order valence-electron chi connectivity index (χ1n) is 7.42. The molecular weight excluding hydrogens is 290 g/mol. The number of aliphatic hydroxyl groups excluding tert-OH is 1. The number of morpholine rings is 1. The highest BCUT2D eigenvalue weighted by Crippen LogP contribution is 2.32. The third-order valence-corrected chi connectivity index (χ3v) is 5.06. The smallest absolute Gasteiger partial charge is 0.323 e. The lowest BCUT2D eigenvalue weighted by Crippen LogP contribution is -2.48. The number of urea groups is 1. The Morgan fingerprint density at radius 2 is 2.48 bits per heavy atom. The van der Waals surface area contributed by atoms with E-state index >= 15 is 0 Å². The Morgan fingerprint density at radius 3 is 3.29 bits per heavy atom. The summed E-state index contributed by atoms with van der Waals surface area (Å²) < 4.78 is 5.35. The topological polar surface area (TPSA) is 74.7 Å². The van der Waals surface area contributed by atoms with Crippen LogP contribution in [0, 0.1) is 5.92 Å². The monoisotopic (exact) mass is 311 g/mol. The maximum Gasteiger partial charge on any atom is 0.323 e. The van der Waals surface area contributed by atoms with Gasteiger partial charge in [-0.05, 0) is 25.2 Å². The first kappa shape index (κ1) is 14.7. The number of carbonyl (C=O) groups is 1. The summed E-state index contributed by atoms with van der Waals surface area (Å²) in [6.45, 7) is 3.62. The molecule has 0 spiro atoms. The second-order valence-corrected chi connectivity index (χ2v) is 6.87. The highest BCUT2D eigenvalue weighted by Gasteiger charge is 2.25. The van der Waals surface area contributed by atoms with Crippen molar-refractivity contribution in [3.05, 3.63) is 10.6 Å². The molecule has 0 saturated carbocycles. The van der Waals surface area contributed by atoms with Crippen LogP contribution in [0.15, 0.2) is 0 Å². The number of fused-ring (bicyclic) bond motifs is 1. The summed E-state index contributed by atoms with van der Waals surface area (Å²) in [4.78, 5) is 19.8. The number of carbonyl (C=O) groups excluding carboxylic acids is 1. The van der Waals surface area contributed by atoms with Gasteiger partial charge in [-0.25, -0.2) is 9.78 Å². The summed E-state index contributed by atoms with van der Waals surface area (Å²) in [5.74, 6) is 0.700. The van der Waals surface area contributed by atoms with Crippen LogP contribution in [0.4, 0.5) is 9.93 Å². The number of anilines is 1. The van der Waals surface area contributed by atoms with Gasteiger partial charge in [-0.2, -0.15) is 0 Å². The van der Waals surface area contributed by atoms with E-state index in [-0.39, 0.29) is 18.7 Å². The molecule has 1 fully saturated rings. The molecule has 21 heavy (non-hydrogen) atoms. The minimum atomic E-state index is -0.283. The second-order valence-electron chi connectivity index (χ2n) is 5.79. The van der Waals surface area contributed by atoms with Crippen LogP contribution in [0.25, 0.3) is 0 Å². The third-order valence-electron chi connectivity index (χ3n) is 4.03. The quantitative estimate of drug-likeness (QED) is 0.868. The van der Waals surface area contributed by atoms with E-state index in [9.17, 15) is 4.79 Å². The molecule has 2 amide bonds. The molecule has 2 heterocycles. The molecule has 116 valence electrons. The van der Waals surface area contributed by atoms with Crippen molar-refractivity contribution < 1.29 is 14.6 Å². The number of nitrogens with one attached hydrogen (secondary N) is 1. The molecule has 1 aliphatic carbocycles. The number of nitrogens with zero attached hydrogens (tertiary/aromatic N) is 2. The van der Waals surface area contributed by atoms with Crippen LogP contribution in [0.3, 0.4) is 0 Å². The number of aryl methyl sites for hydroxylation is 1.